The van der Waals surface area contributed by atoms with Gasteiger partial charge in [-0.3, -0.25) is 0 Å². The van der Waals surface area contributed by atoms with E-state index in [0.717, 1.165) is 0 Å². The summed E-state index contributed by atoms with van der Waals surface area (Å²) in [5.74, 6) is 0. The molecule has 0 fully saturated rings. The van der Waals surface area contributed by atoms with Gasteiger partial charge in [0.2, 0.25) is 0 Å². The molecule has 9 aromatic carbocycles. The van der Waals surface area contributed by atoms with Crippen molar-refractivity contribution in [3.63, 3.8) is 0 Å². The van der Waals surface area contributed by atoms with Gasteiger partial charge in [-0.2, -0.15) is 0 Å². The Balaban J connectivity index is 1.09. The van der Waals surface area contributed by atoms with Crippen molar-refractivity contribution in [3.05, 3.63) is 193 Å². The molecule has 0 N–H and O–H groups in total. The van der Waals surface area contributed by atoms with Crippen molar-refractivity contribution in [2.24, 2.45) is 0 Å². The van der Waals surface area contributed by atoms with E-state index < -0.39 is 0 Å². The molecule has 0 atom stereocenters. The topological polar surface area (TPSA) is 9.86 Å². The summed E-state index contributed by atoms with van der Waals surface area (Å²) in [6.45, 7) is 4.77. The quantitative estimate of drug-likeness (QED) is 0.172. The molecule has 2 aliphatic carbocycles. The van der Waals surface area contributed by atoms with Crippen LogP contribution in [-0.2, 0) is 5.41 Å². The third-order valence-corrected chi connectivity index (χ3v) is 13.3. The zero-order valence-corrected chi connectivity index (χ0v) is 31.7. The van der Waals surface area contributed by atoms with Crippen LogP contribution in [0.25, 0.3) is 110 Å². The van der Waals surface area contributed by atoms with Crippen LogP contribution < -0.4 is 0 Å². The Kier molecular flexibility index (Phi) is 6.00. The minimum Gasteiger partial charge on any atom is -0.309 e. The van der Waals surface area contributed by atoms with Gasteiger partial charge < -0.3 is 9.13 Å². The van der Waals surface area contributed by atoms with E-state index in [-0.39, 0.29) is 5.41 Å². The Bertz CT molecular complexity index is 3510. The normalized spacial score (nSPS) is 13.6. The van der Waals surface area contributed by atoms with Gasteiger partial charge in [0.05, 0.1) is 27.8 Å². The summed E-state index contributed by atoms with van der Waals surface area (Å²) in [7, 11) is 0. The Morgan fingerprint density at radius 3 is 1.70 bits per heavy atom. The molecule has 2 heteroatoms. The predicted octanol–water partition coefficient (Wildman–Crippen LogP) is 14.7. The number of para-hydroxylation sites is 2. The maximum Gasteiger partial charge on any atom is 0.0544 e. The number of hydrogen-bond acceptors (Lipinski definition) is 0. The lowest BCUT2D eigenvalue weighted by atomic mass is 9.82. The Labute approximate surface area is 330 Å². The van der Waals surface area contributed by atoms with E-state index in [1.54, 1.807) is 0 Å². The van der Waals surface area contributed by atoms with Gasteiger partial charge in [0.1, 0.15) is 0 Å². The predicted molar refractivity (Wildman–Crippen MR) is 240 cm³/mol. The Hall–Kier alpha value is -7.16. The van der Waals surface area contributed by atoms with Gasteiger partial charge in [0, 0.05) is 38.0 Å². The van der Waals surface area contributed by atoms with Crippen molar-refractivity contribution in [2.75, 3.05) is 0 Å². The lowest BCUT2D eigenvalue weighted by Crippen LogP contribution is -2.15. The van der Waals surface area contributed by atoms with Gasteiger partial charge in [0.25, 0.3) is 0 Å². The lowest BCUT2D eigenvalue weighted by Gasteiger charge is -2.22. The zero-order chi connectivity index (χ0) is 37.6. The van der Waals surface area contributed by atoms with Gasteiger partial charge in [-0.15, -0.1) is 0 Å². The second-order valence-corrected chi connectivity index (χ2v) is 16.5. The molecule has 0 saturated heterocycles. The fourth-order valence-corrected chi connectivity index (χ4v) is 10.6. The highest BCUT2D eigenvalue weighted by Gasteiger charge is 2.36. The second kappa shape index (κ2) is 11.0. The molecule has 0 saturated carbocycles. The van der Waals surface area contributed by atoms with Crippen molar-refractivity contribution >= 4 is 54.4 Å². The highest BCUT2D eigenvalue weighted by Crippen LogP contribution is 2.53. The molecule has 2 nitrogen and oxygen atoms in total. The average molecular weight is 725 g/mol. The van der Waals surface area contributed by atoms with Crippen LogP contribution in [0.5, 0.6) is 0 Å². The molecule has 13 rings (SSSR count). The molecule has 0 spiro atoms. The van der Waals surface area contributed by atoms with Gasteiger partial charge in [-0.05, 0) is 122 Å². The van der Waals surface area contributed by atoms with E-state index in [0.29, 0.717) is 0 Å². The number of rotatable bonds is 3. The fourth-order valence-electron chi connectivity index (χ4n) is 10.6. The van der Waals surface area contributed by atoms with E-state index in [1.165, 1.54) is 121 Å². The number of aromatic nitrogens is 2. The second-order valence-electron chi connectivity index (χ2n) is 16.5. The van der Waals surface area contributed by atoms with E-state index >= 15 is 0 Å². The van der Waals surface area contributed by atoms with Crippen LogP contribution >= 0.6 is 0 Å². The number of fused-ring (bicyclic) bond motifs is 12. The van der Waals surface area contributed by atoms with E-state index in [1.807, 2.05) is 0 Å². The SMILES string of the molecule is CC1(C)c2ccccc2-c2cc3c4cc(-c5ccc6c(c5)c5ccccc5n6-c5ccccc5)ccc4n(-c4ccc5c6c(cccc46)-c4ccccc4-5)c3cc21. The molecule has 2 aromatic heterocycles. The molecule has 0 unspecified atom stereocenters. The van der Waals surface area contributed by atoms with Crippen LogP contribution in [0.4, 0.5) is 0 Å². The molecule has 0 bridgehead atoms. The zero-order valence-electron chi connectivity index (χ0n) is 31.7. The molecule has 2 heterocycles. The maximum atomic E-state index is 2.55. The first-order chi connectivity index (χ1) is 28.0. The highest BCUT2D eigenvalue weighted by atomic mass is 15.0. The van der Waals surface area contributed by atoms with Crippen molar-refractivity contribution in [2.45, 2.75) is 19.3 Å². The summed E-state index contributed by atoms with van der Waals surface area (Å²) in [5, 5.41) is 7.71. The molecule has 0 radical (unpaired) electrons. The summed E-state index contributed by atoms with van der Waals surface area (Å²) < 4.78 is 4.94. The van der Waals surface area contributed by atoms with Crippen LogP contribution in [0.1, 0.15) is 25.0 Å². The maximum absolute atomic E-state index is 2.55. The standard InChI is InChI=1S/C55H36N2/c1-55(2)47-21-10-8-17-38(47)43-31-46-45-30-34(33-23-26-51-44(29-33)39-18-9-11-22-49(39)56(51)35-13-4-3-5-14-35)24-27-52(45)57(53(46)32-48(43)55)50-28-25-41-37-16-7-6-15-36(37)40-19-12-20-42(50)54(40)41/h3-32H,1-2H3. The molecule has 0 amide bonds. The van der Waals surface area contributed by atoms with Gasteiger partial charge in [-0.1, -0.05) is 135 Å². The molecule has 0 aliphatic heterocycles. The van der Waals surface area contributed by atoms with Crippen LogP contribution in [0.2, 0.25) is 0 Å². The molecule has 11 aromatic rings. The summed E-state index contributed by atoms with van der Waals surface area (Å²) in [6.07, 6.45) is 0. The first kappa shape index (κ1) is 31.1. The highest BCUT2D eigenvalue weighted by molar-refractivity contribution is 6.19. The summed E-state index contributed by atoms with van der Waals surface area (Å²) >= 11 is 0. The minimum absolute atomic E-state index is 0.107. The van der Waals surface area contributed by atoms with Crippen LogP contribution in [-0.4, -0.2) is 9.13 Å². The first-order valence-corrected chi connectivity index (χ1v) is 20.0. The van der Waals surface area contributed by atoms with Crippen molar-refractivity contribution in [3.8, 4) is 55.9 Å². The van der Waals surface area contributed by atoms with Gasteiger partial charge >= 0.3 is 0 Å². The van der Waals surface area contributed by atoms with E-state index in [2.05, 4.69) is 205 Å². The molecular weight excluding hydrogens is 689 g/mol. The molecular formula is C55H36N2. The Morgan fingerprint density at radius 1 is 0.333 bits per heavy atom. The molecule has 266 valence electrons. The fraction of sp³-hybridized carbons (Fsp3) is 0.0545. The average Bonchev–Trinajstić information content (AvgIpc) is 3.95. The molecule has 57 heavy (non-hydrogen) atoms. The van der Waals surface area contributed by atoms with Crippen LogP contribution in [0.3, 0.4) is 0 Å². The largest absolute Gasteiger partial charge is 0.309 e. The summed E-state index contributed by atoms with van der Waals surface area (Å²) in [6, 6.07) is 68.1. The van der Waals surface area contributed by atoms with Gasteiger partial charge in [-0.25, -0.2) is 0 Å². The Morgan fingerprint density at radius 2 is 0.912 bits per heavy atom. The number of nitrogens with zero attached hydrogens (tertiary/aromatic N) is 2. The van der Waals surface area contributed by atoms with Crippen molar-refractivity contribution in [1.82, 2.24) is 9.13 Å². The monoisotopic (exact) mass is 724 g/mol. The smallest absolute Gasteiger partial charge is 0.0544 e. The van der Waals surface area contributed by atoms with Gasteiger partial charge in [0.15, 0.2) is 0 Å². The van der Waals surface area contributed by atoms with Crippen molar-refractivity contribution < 1.29 is 0 Å². The number of hydrogen-bond donors (Lipinski definition) is 0. The van der Waals surface area contributed by atoms with E-state index in [4.69, 9.17) is 0 Å². The molecule has 2 aliphatic rings. The first-order valence-electron chi connectivity index (χ1n) is 20.0. The summed E-state index contributed by atoms with van der Waals surface area (Å²) in [5.41, 5.74) is 20.4. The van der Waals surface area contributed by atoms with Crippen LogP contribution in [0, 0.1) is 0 Å². The third-order valence-electron chi connectivity index (χ3n) is 13.3. The van der Waals surface area contributed by atoms with E-state index in [9.17, 15) is 0 Å². The number of benzene rings is 9. The third kappa shape index (κ3) is 4.04. The minimum atomic E-state index is -0.107. The lowest BCUT2D eigenvalue weighted by molar-refractivity contribution is 0.661. The van der Waals surface area contributed by atoms with Crippen LogP contribution in [0.15, 0.2) is 182 Å². The summed E-state index contributed by atoms with van der Waals surface area (Å²) in [4.78, 5) is 0. The van der Waals surface area contributed by atoms with Crippen molar-refractivity contribution in [1.29, 1.82) is 0 Å².